The Bertz CT molecular complexity index is 417. The van der Waals surface area contributed by atoms with Gasteiger partial charge >= 0.3 is 0 Å². The second kappa shape index (κ2) is 3.18. The van der Waals surface area contributed by atoms with E-state index in [-0.39, 0.29) is 0 Å². The lowest BCUT2D eigenvalue weighted by atomic mass is 10.1. The van der Waals surface area contributed by atoms with E-state index in [2.05, 4.69) is 29.3 Å². The molecular formula is C10H13N3. The van der Waals surface area contributed by atoms with E-state index in [1.807, 2.05) is 6.07 Å². The first kappa shape index (κ1) is 8.26. The van der Waals surface area contributed by atoms with E-state index in [4.69, 9.17) is 5.73 Å². The van der Waals surface area contributed by atoms with Crippen LogP contribution in [0.1, 0.15) is 18.2 Å². The number of fused-ring (bicyclic) bond motifs is 1. The van der Waals surface area contributed by atoms with Gasteiger partial charge in [0, 0.05) is 17.6 Å². The van der Waals surface area contributed by atoms with E-state index in [0.717, 1.165) is 17.5 Å². The number of nitrogens with one attached hydrogen (secondary N) is 1. The minimum atomic E-state index is 0.574. The molecule has 13 heavy (non-hydrogen) atoms. The van der Waals surface area contributed by atoms with Crippen LogP contribution in [-0.4, -0.2) is 10.2 Å². The van der Waals surface area contributed by atoms with Crippen LogP contribution in [0.4, 0.5) is 0 Å². The Kier molecular flexibility index (Phi) is 2.02. The third-order valence-corrected chi connectivity index (χ3v) is 2.29. The molecule has 0 aliphatic rings. The molecule has 0 spiro atoms. The molecule has 1 aromatic heterocycles. The zero-order valence-corrected chi connectivity index (χ0v) is 7.67. The lowest BCUT2D eigenvalue weighted by Crippen LogP contribution is -1.95. The molecule has 0 aliphatic carbocycles. The van der Waals surface area contributed by atoms with Gasteiger partial charge in [0.25, 0.3) is 0 Å². The van der Waals surface area contributed by atoms with Gasteiger partial charge in [-0.1, -0.05) is 19.1 Å². The SMILES string of the molecule is CCc1[nH]nc2cc(CN)ccc12. The molecule has 2 rings (SSSR count). The van der Waals surface area contributed by atoms with Crippen LogP contribution in [0.3, 0.4) is 0 Å². The molecule has 0 saturated heterocycles. The maximum atomic E-state index is 5.54. The average molecular weight is 175 g/mol. The molecule has 0 radical (unpaired) electrons. The molecule has 1 heterocycles. The summed E-state index contributed by atoms with van der Waals surface area (Å²) in [5.41, 5.74) is 8.88. The van der Waals surface area contributed by atoms with Crippen LogP contribution in [0.25, 0.3) is 10.9 Å². The molecule has 0 bridgehead atoms. The van der Waals surface area contributed by atoms with Gasteiger partial charge in [-0.25, -0.2) is 0 Å². The number of aromatic amines is 1. The van der Waals surface area contributed by atoms with Gasteiger partial charge in [0.1, 0.15) is 0 Å². The Morgan fingerprint density at radius 1 is 1.46 bits per heavy atom. The molecule has 1 aromatic carbocycles. The summed E-state index contributed by atoms with van der Waals surface area (Å²) >= 11 is 0. The Hall–Kier alpha value is -1.35. The van der Waals surface area contributed by atoms with E-state index < -0.39 is 0 Å². The highest BCUT2D eigenvalue weighted by atomic mass is 15.1. The minimum absolute atomic E-state index is 0.574. The van der Waals surface area contributed by atoms with Crippen LogP contribution in [0.2, 0.25) is 0 Å². The number of nitrogens with zero attached hydrogens (tertiary/aromatic N) is 1. The average Bonchev–Trinajstić information content (AvgIpc) is 2.59. The summed E-state index contributed by atoms with van der Waals surface area (Å²) in [6.45, 7) is 2.69. The predicted molar refractivity (Wildman–Crippen MR) is 53.4 cm³/mol. The van der Waals surface area contributed by atoms with Crippen LogP contribution in [0.5, 0.6) is 0 Å². The first-order valence-corrected chi connectivity index (χ1v) is 4.51. The van der Waals surface area contributed by atoms with Gasteiger partial charge in [0.2, 0.25) is 0 Å². The summed E-state index contributed by atoms with van der Waals surface area (Å²) in [4.78, 5) is 0. The van der Waals surface area contributed by atoms with Crippen LogP contribution >= 0.6 is 0 Å². The summed E-state index contributed by atoms with van der Waals surface area (Å²) in [5.74, 6) is 0. The van der Waals surface area contributed by atoms with Crippen LogP contribution in [0.15, 0.2) is 18.2 Å². The highest BCUT2D eigenvalue weighted by Gasteiger charge is 2.02. The zero-order chi connectivity index (χ0) is 9.26. The number of aryl methyl sites for hydroxylation is 1. The lowest BCUT2D eigenvalue weighted by Gasteiger charge is -1.95. The van der Waals surface area contributed by atoms with Crippen molar-refractivity contribution in [3.8, 4) is 0 Å². The normalized spacial score (nSPS) is 10.9. The van der Waals surface area contributed by atoms with Gasteiger partial charge in [-0.2, -0.15) is 5.10 Å². The van der Waals surface area contributed by atoms with Crippen molar-refractivity contribution in [2.75, 3.05) is 0 Å². The molecule has 0 amide bonds. The molecule has 0 saturated carbocycles. The molecule has 2 aromatic rings. The summed E-state index contributed by atoms with van der Waals surface area (Å²) < 4.78 is 0. The first-order valence-electron chi connectivity index (χ1n) is 4.51. The number of nitrogens with two attached hydrogens (primary N) is 1. The van der Waals surface area contributed by atoms with E-state index in [9.17, 15) is 0 Å². The Balaban J connectivity index is 2.61. The fourth-order valence-electron chi connectivity index (χ4n) is 1.51. The smallest absolute Gasteiger partial charge is 0.0926 e. The van der Waals surface area contributed by atoms with Gasteiger partial charge < -0.3 is 5.73 Å². The fraction of sp³-hybridized carbons (Fsp3) is 0.300. The number of aromatic nitrogens is 2. The predicted octanol–water partition coefficient (Wildman–Crippen LogP) is 1.58. The van der Waals surface area contributed by atoms with Gasteiger partial charge in [-0.3, -0.25) is 5.10 Å². The summed E-state index contributed by atoms with van der Waals surface area (Å²) in [6.07, 6.45) is 0.985. The van der Waals surface area contributed by atoms with Crippen molar-refractivity contribution in [2.24, 2.45) is 5.73 Å². The highest BCUT2D eigenvalue weighted by molar-refractivity contribution is 5.81. The van der Waals surface area contributed by atoms with Crippen LogP contribution in [-0.2, 0) is 13.0 Å². The van der Waals surface area contributed by atoms with Crippen LogP contribution < -0.4 is 5.73 Å². The minimum Gasteiger partial charge on any atom is -0.326 e. The molecule has 0 atom stereocenters. The molecule has 68 valence electrons. The number of benzene rings is 1. The van der Waals surface area contributed by atoms with Crippen LogP contribution in [0, 0.1) is 0 Å². The van der Waals surface area contributed by atoms with Crippen molar-refractivity contribution >= 4 is 10.9 Å². The fourth-order valence-corrected chi connectivity index (χ4v) is 1.51. The van der Waals surface area contributed by atoms with Crippen molar-refractivity contribution in [2.45, 2.75) is 19.9 Å². The van der Waals surface area contributed by atoms with Gasteiger partial charge in [-0.05, 0) is 18.1 Å². The molecule has 0 unspecified atom stereocenters. The maximum absolute atomic E-state index is 5.54. The molecule has 3 heteroatoms. The Labute approximate surface area is 76.9 Å². The zero-order valence-electron chi connectivity index (χ0n) is 7.67. The highest BCUT2D eigenvalue weighted by Crippen LogP contribution is 2.17. The molecule has 0 aliphatic heterocycles. The van der Waals surface area contributed by atoms with E-state index in [1.54, 1.807) is 0 Å². The number of H-pyrrole nitrogens is 1. The third-order valence-electron chi connectivity index (χ3n) is 2.29. The van der Waals surface area contributed by atoms with Crippen molar-refractivity contribution < 1.29 is 0 Å². The van der Waals surface area contributed by atoms with E-state index >= 15 is 0 Å². The Morgan fingerprint density at radius 2 is 2.31 bits per heavy atom. The third kappa shape index (κ3) is 1.31. The second-order valence-corrected chi connectivity index (χ2v) is 3.11. The Morgan fingerprint density at radius 3 is 3.00 bits per heavy atom. The van der Waals surface area contributed by atoms with Gasteiger partial charge in [0.15, 0.2) is 0 Å². The summed E-state index contributed by atoms with van der Waals surface area (Å²) in [6, 6.07) is 6.17. The van der Waals surface area contributed by atoms with Crippen molar-refractivity contribution in [3.63, 3.8) is 0 Å². The quantitative estimate of drug-likeness (QED) is 0.728. The monoisotopic (exact) mass is 175 g/mol. The lowest BCUT2D eigenvalue weighted by molar-refractivity contribution is 0.988. The first-order chi connectivity index (χ1) is 6.35. The largest absolute Gasteiger partial charge is 0.326 e. The second-order valence-electron chi connectivity index (χ2n) is 3.11. The number of hydrogen-bond acceptors (Lipinski definition) is 2. The van der Waals surface area contributed by atoms with E-state index in [1.165, 1.54) is 11.1 Å². The topological polar surface area (TPSA) is 54.7 Å². The molecule has 3 nitrogen and oxygen atoms in total. The van der Waals surface area contributed by atoms with Crippen molar-refractivity contribution in [1.29, 1.82) is 0 Å². The number of hydrogen-bond donors (Lipinski definition) is 2. The molecule has 3 N–H and O–H groups in total. The molecule has 0 fully saturated rings. The summed E-state index contributed by atoms with van der Waals surface area (Å²) in [7, 11) is 0. The van der Waals surface area contributed by atoms with Gasteiger partial charge in [-0.15, -0.1) is 0 Å². The standard InChI is InChI=1S/C10H13N3/c1-2-9-8-4-3-7(6-11)5-10(8)13-12-9/h3-5H,2,6,11H2,1H3,(H,12,13). The number of rotatable bonds is 2. The van der Waals surface area contributed by atoms with Crippen molar-refractivity contribution in [3.05, 3.63) is 29.5 Å². The molecular weight excluding hydrogens is 162 g/mol. The maximum Gasteiger partial charge on any atom is 0.0926 e. The summed E-state index contributed by atoms with van der Waals surface area (Å²) in [5, 5.41) is 8.45. The van der Waals surface area contributed by atoms with Crippen molar-refractivity contribution in [1.82, 2.24) is 10.2 Å². The van der Waals surface area contributed by atoms with E-state index in [0.29, 0.717) is 6.54 Å². The van der Waals surface area contributed by atoms with Gasteiger partial charge in [0.05, 0.1) is 5.52 Å².